The minimum Gasteiger partial charge on any atom is -0.469 e. The third-order valence-electron chi connectivity index (χ3n) is 1.90. The molecule has 0 atom stereocenters. The molecule has 0 unspecified atom stereocenters. The lowest BCUT2D eigenvalue weighted by Crippen LogP contribution is -2.09. The number of methoxy groups -OCH3 is 1. The van der Waals surface area contributed by atoms with E-state index in [1.54, 1.807) is 24.3 Å². The average Bonchev–Trinajstić information content (AvgIpc) is 2.29. The minimum absolute atomic E-state index is 0.240. The smallest absolute Gasteiger partial charge is 0.307 e. The van der Waals surface area contributed by atoms with Crippen molar-refractivity contribution in [1.82, 2.24) is 0 Å². The van der Waals surface area contributed by atoms with Gasteiger partial charge in [-0.25, -0.2) is 0 Å². The van der Waals surface area contributed by atoms with Gasteiger partial charge in [0.2, 0.25) is 0 Å². The molecule has 1 N–H and O–H groups in total. The second-order valence-corrected chi connectivity index (χ2v) is 2.94. The van der Waals surface area contributed by atoms with Gasteiger partial charge in [-0.2, -0.15) is 5.26 Å². The van der Waals surface area contributed by atoms with E-state index in [-0.39, 0.29) is 5.97 Å². The molecule has 0 aliphatic carbocycles. The second-order valence-electron chi connectivity index (χ2n) is 2.94. The summed E-state index contributed by atoms with van der Waals surface area (Å²) in [5.74, 6) is -0.240. The van der Waals surface area contributed by atoms with E-state index in [9.17, 15) is 4.79 Å². The fraction of sp³-hybridized carbons (Fsp3) is 0.273. The first-order chi connectivity index (χ1) is 7.26. The third-order valence-corrected chi connectivity index (χ3v) is 1.90. The van der Waals surface area contributed by atoms with E-state index in [0.717, 1.165) is 5.69 Å². The standard InChI is InChI=1S/C11H12N2O2/c1-15-11(14)6-7-13-10-4-2-9(8-12)3-5-10/h2-5,13H,6-7H2,1H3. The van der Waals surface area contributed by atoms with Gasteiger partial charge in [0.05, 0.1) is 25.2 Å². The van der Waals surface area contributed by atoms with Gasteiger partial charge in [-0.15, -0.1) is 0 Å². The van der Waals surface area contributed by atoms with Crippen LogP contribution in [0.3, 0.4) is 0 Å². The lowest BCUT2D eigenvalue weighted by molar-refractivity contribution is -0.140. The molecule has 4 nitrogen and oxygen atoms in total. The van der Waals surface area contributed by atoms with Crippen molar-refractivity contribution in [3.63, 3.8) is 0 Å². The summed E-state index contributed by atoms with van der Waals surface area (Å²) >= 11 is 0. The number of hydrogen-bond acceptors (Lipinski definition) is 4. The summed E-state index contributed by atoms with van der Waals surface area (Å²) in [5, 5.41) is 11.6. The van der Waals surface area contributed by atoms with Crippen LogP contribution < -0.4 is 5.32 Å². The van der Waals surface area contributed by atoms with Crippen molar-refractivity contribution in [3.05, 3.63) is 29.8 Å². The fourth-order valence-electron chi connectivity index (χ4n) is 1.07. The maximum atomic E-state index is 10.8. The molecule has 15 heavy (non-hydrogen) atoms. The number of rotatable bonds is 4. The summed E-state index contributed by atoms with van der Waals surface area (Å²) < 4.78 is 4.50. The van der Waals surface area contributed by atoms with Crippen LogP contribution in [0.5, 0.6) is 0 Å². The van der Waals surface area contributed by atoms with Gasteiger partial charge < -0.3 is 10.1 Å². The zero-order valence-corrected chi connectivity index (χ0v) is 8.49. The normalized spacial score (nSPS) is 9.07. The van der Waals surface area contributed by atoms with Crippen LogP contribution in [0.15, 0.2) is 24.3 Å². The number of ether oxygens (including phenoxy) is 1. The predicted octanol–water partition coefficient (Wildman–Crippen LogP) is 1.53. The topological polar surface area (TPSA) is 62.1 Å². The molecule has 1 aromatic carbocycles. The van der Waals surface area contributed by atoms with Crippen LogP contribution >= 0.6 is 0 Å². The van der Waals surface area contributed by atoms with E-state index in [4.69, 9.17) is 5.26 Å². The van der Waals surface area contributed by atoms with E-state index < -0.39 is 0 Å². The van der Waals surface area contributed by atoms with Crippen molar-refractivity contribution in [1.29, 1.82) is 5.26 Å². The van der Waals surface area contributed by atoms with Gasteiger partial charge in [0.1, 0.15) is 0 Å². The van der Waals surface area contributed by atoms with Crippen LogP contribution in [0, 0.1) is 11.3 Å². The fourth-order valence-corrected chi connectivity index (χ4v) is 1.07. The minimum atomic E-state index is -0.240. The van der Waals surface area contributed by atoms with Gasteiger partial charge in [0, 0.05) is 12.2 Å². The van der Waals surface area contributed by atoms with Gasteiger partial charge in [0.15, 0.2) is 0 Å². The molecule has 0 spiro atoms. The Morgan fingerprint density at radius 3 is 2.67 bits per heavy atom. The number of esters is 1. The lowest BCUT2D eigenvalue weighted by Gasteiger charge is -2.04. The van der Waals surface area contributed by atoms with E-state index in [1.807, 2.05) is 6.07 Å². The molecule has 0 aliphatic heterocycles. The number of hydrogen-bond donors (Lipinski definition) is 1. The van der Waals surface area contributed by atoms with Gasteiger partial charge in [0.25, 0.3) is 0 Å². The first kappa shape index (κ1) is 11.1. The van der Waals surface area contributed by atoms with Gasteiger partial charge in [-0.05, 0) is 24.3 Å². The number of nitriles is 1. The van der Waals surface area contributed by atoms with Crippen molar-refractivity contribution >= 4 is 11.7 Å². The summed E-state index contributed by atoms with van der Waals surface area (Å²) in [6.45, 7) is 0.526. The quantitative estimate of drug-likeness (QED) is 0.755. The summed E-state index contributed by atoms with van der Waals surface area (Å²) in [6.07, 6.45) is 0.330. The Morgan fingerprint density at radius 2 is 2.13 bits per heavy atom. The molecule has 0 heterocycles. The van der Waals surface area contributed by atoms with Crippen LogP contribution in [0.2, 0.25) is 0 Å². The summed E-state index contributed by atoms with van der Waals surface area (Å²) in [4.78, 5) is 10.8. The molecule has 0 saturated carbocycles. The molecular formula is C11H12N2O2. The highest BCUT2D eigenvalue weighted by Crippen LogP contribution is 2.08. The highest BCUT2D eigenvalue weighted by molar-refractivity contribution is 5.69. The average molecular weight is 204 g/mol. The molecule has 0 fully saturated rings. The Kier molecular flexibility index (Phi) is 4.17. The van der Waals surface area contributed by atoms with Crippen molar-refractivity contribution in [2.45, 2.75) is 6.42 Å². The second kappa shape index (κ2) is 5.66. The molecule has 0 amide bonds. The number of nitrogens with one attached hydrogen (secondary N) is 1. The van der Waals surface area contributed by atoms with Crippen LogP contribution in [0.1, 0.15) is 12.0 Å². The monoisotopic (exact) mass is 204 g/mol. The predicted molar refractivity (Wildman–Crippen MR) is 56.3 cm³/mol. The largest absolute Gasteiger partial charge is 0.469 e. The molecule has 0 aromatic heterocycles. The first-order valence-electron chi connectivity index (χ1n) is 4.57. The van der Waals surface area contributed by atoms with Crippen molar-refractivity contribution in [3.8, 4) is 6.07 Å². The highest BCUT2D eigenvalue weighted by atomic mass is 16.5. The number of nitrogens with zero attached hydrogens (tertiary/aromatic N) is 1. The van der Waals surface area contributed by atoms with Crippen LogP contribution in [-0.4, -0.2) is 19.6 Å². The lowest BCUT2D eigenvalue weighted by atomic mass is 10.2. The number of carbonyl (C=O) groups excluding carboxylic acids is 1. The van der Waals surface area contributed by atoms with Crippen molar-refractivity contribution in [2.75, 3.05) is 19.0 Å². The Morgan fingerprint density at radius 1 is 1.47 bits per heavy atom. The van der Waals surface area contributed by atoms with Crippen molar-refractivity contribution < 1.29 is 9.53 Å². The molecule has 1 rings (SSSR count). The van der Waals surface area contributed by atoms with Gasteiger partial charge >= 0.3 is 5.97 Å². The summed E-state index contributed by atoms with van der Waals surface area (Å²) in [7, 11) is 1.37. The highest BCUT2D eigenvalue weighted by Gasteiger charge is 1.99. The molecule has 0 saturated heterocycles. The molecule has 0 aliphatic rings. The van der Waals surface area contributed by atoms with Crippen LogP contribution in [0.25, 0.3) is 0 Å². The summed E-state index contributed by atoms with van der Waals surface area (Å²) in [5.41, 5.74) is 1.51. The van der Waals surface area contributed by atoms with Crippen LogP contribution in [-0.2, 0) is 9.53 Å². The van der Waals surface area contributed by atoms with Crippen LogP contribution in [0.4, 0.5) is 5.69 Å². The molecule has 4 heteroatoms. The Hall–Kier alpha value is -2.02. The van der Waals surface area contributed by atoms with Crippen molar-refractivity contribution in [2.24, 2.45) is 0 Å². The van der Waals surface area contributed by atoms with E-state index in [1.165, 1.54) is 7.11 Å². The van der Waals surface area contributed by atoms with E-state index in [0.29, 0.717) is 18.5 Å². The number of carbonyl (C=O) groups is 1. The van der Waals surface area contributed by atoms with Gasteiger partial charge in [-0.3, -0.25) is 4.79 Å². The zero-order valence-electron chi connectivity index (χ0n) is 8.49. The molecular weight excluding hydrogens is 192 g/mol. The number of anilines is 1. The third kappa shape index (κ3) is 3.69. The molecule has 0 radical (unpaired) electrons. The van der Waals surface area contributed by atoms with E-state index >= 15 is 0 Å². The molecule has 78 valence electrons. The Bertz CT molecular complexity index is 365. The Labute approximate surface area is 88.5 Å². The summed E-state index contributed by atoms with van der Waals surface area (Å²) in [6, 6.07) is 9.08. The molecule has 1 aromatic rings. The van der Waals surface area contributed by atoms with E-state index in [2.05, 4.69) is 10.1 Å². The number of benzene rings is 1. The maximum Gasteiger partial charge on any atom is 0.307 e. The SMILES string of the molecule is COC(=O)CCNc1ccc(C#N)cc1. The van der Waals surface area contributed by atoms with Gasteiger partial charge in [-0.1, -0.05) is 0 Å². The maximum absolute atomic E-state index is 10.8. The molecule has 0 bridgehead atoms. The first-order valence-corrected chi connectivity index (χ1v) is 4.57. The zero-order chi connectivity index (χ0) is 11.1. The Balaban J connectivity index is 2.38.